The van der Waals surface area contributed by atoms with Gasteiger partial charge in [-0.05, 0) is 29.2 Å². The summed E-state index contributed by atoms with van der Waals surface area (Å²) in [7, 11) is 0. The van der Waals surface area contributed by atoms with Crippen LogP contribution in [0.15, 0.2) is 66.7 Å². The summed E-state index contributed by atoms with van der Waals surface area (Å²) in [5.74, 6) is -1.46. The number of fused-ring (bicyclic) bond motifs is 3. The van der Waals surface area contributed by atoms with E-state index in [-0.39, 0.29) is 0 Å². The fourth-order valence-corrected chi connectivity index (χ4v) is 3.36. The Balaban J connectivity index is 0.000000171. The molecule has 0 spiro atoms. The molecule has 3 aromatic rings. The van der Waals surface area contributed by atoms with Crippen LogP contribution in [0.2, 0.25) is 0 Å². The van der Waals surface area contributed by atoms with Gasteiger partial charge in [-0.3, -0.25) is 20.2 Å². The van der Waals surface area contributed by atoms with Gasteiger partial charge in [-0.25, -0.2) is 4.79 Å². The lowest BCUT2D eigenvalue weighted by Gasteiger charge is -2.19. The Bertz CT molecular complexity index is 1050. The van der Waals surface area contributed by atoms with Crippen LogP contribution in [-0.4, -0.2) is 26.0 Å². The molecule has 0 aromatic heterocycles. The molecule has 0 bridgehead atoms. The number of carbonyl (C=O) groups is 1. The van der Waals surface area contributed by atoms with Crippen LogP contribution in [0.5, 0.6) is 0 Å². The number of hydrogen-bond donors (Lipinski definition) is 2. The number of aromatic carboxylic acids is 1. The van der Waals surface area contributed by atoms with E-state index in [9.17, 15) is 30.1 Å². The minimum atomic E-state index is -1.46. The largest absolute Gasteiger partial charge is 0.478 e. The second-order valence-electron chi connectivity index (χ2n) is 6.72. The highest BCUT2D eigenvalue weighted by Gasteiger charge is 2.36. The number of nitro benzene ring substituents is 2. The lowest BCUT2D eigenvalue weighted by molar-refractivity contribution is -0.394. The SMILES string of the molecule is CC1(O)c2ccccc2-c2ccccc21.O=C(O)c1cc([N+](=O)[O-])cc([N+](=O)[O-])c1. The van der Waals surface area contributed by atoms with Crippen molar-refractivity contribution in [3.8, 4) is 11.1 Å². The number of rotatable bonds is 3. The first kappa shape index (κ1) is 20.6. The molecule has 30 heavy (non-hydrogen) atoms. The van der Waals surface area contributed by atoms with Crippen LogP contribution in [0.25, 0.3) is 11.1 Å². The van der Waals surface area contributed by atoms with Crippen LogP contribution >= 0.6 is 0 Å². The Hall–Kier alpha value is -4.11. The minimum Gasteiger partial charge on any atom is -0.478 e. The molecule has 2 N–H and O–H groups in total. The molecule has 1 aliphatic carbocycles. The van der Waals surface area contributed by atoms with Crippen LogP contribution in [0.3, 0.4) is 0 Å². The molecule has 9 heteroatoms. The normalized spacial score (nSPS) is 12.7. The zero-order valence-electron chi connectivity index (χ0n) is 15.7. The van der Waals surface area contributed by atoms with Crippen molar-refractivity contribution in [3.63, 3.8) is 0 Å². The summed E-state index contributed by atoms with van der Waals surface area (Å²) in [6.07, 6.45) is 0. The van der Waals surface area contributed by atoms with Crippen molar-refractivity contribution < 1.29 is 24.9 Å². The summed E-state index contributed by atoms with van der Waals surface area (Å²) in [5, 5.41) is 39.7. The Labute approximate surface area is 170 Å². The number of non-ortho nitro benzene ring substituents is 2. The zero-order valence-corrected chi connectivity index (χ0v) is 15.7. The highest BCUT2D eigenvalue weighted by Crippen LogP contribution is 2.46. The van der Waals surface area contributed by atoms with Crippen LogP contribution in [0, 0.1) is 20.2 Å². The number of nitro groups is 2. The van der Waals surface area contributed by atoms with Gasteiger partial charge in [0.1, 0.15) is 5.60 Å². The maximum Gasteiger partial charge on any atom is 0.336 e. The van der Waals surface area contributed by atoms with E-state index in [1.54, 1.807) is 0 Å². The van der Waals surface area contributed by atoms with E-state index in [2.05, 4.69) is 12.1 Å². The summed E-state index contributed by atoms with van der Waals surface area (Å²) in [6, 6.07) is 18.3. The van der Waals surface area contributed by atoms with Crippen molar-refractivity contribution in [2.75, 3.05) is 0 Å². The van der Waals surface area contributed by atoms with Gasteiger partial charge in [0.05, 0.1) is 21.5 Å². The van der Waals surface area contributed by atoms with Gasteiger partial charge in [-0.15, -0.1) is 0 Å². The Morgan fingerprint density at radius 1 is 0.833 bits per heavy atom. The lowest BCUT2D eigenvalue weighted by atomic mass is 9.94. The highest BCUT2D eigenvalue weighted by molar-refractivity contribution is 5.89. The summed E-state index contributed by atoms with van der Waals surface area (Å²) >= 11 is 0. The van der Waals surface area contributed by atoms with Crippen molar-refractivity contribution in [1.82, 2.24) is 0 Å². The van der Waals surface area contributed by atoms with E-state index in [0.717, 1.165) is 34.4 Å². The van der Waals surface area contributed by atoms with Crippen molar-refractivity contribution in [3.05, 3.63) is 104 Å². The number of hydrogen-bond acceptors (Lipinski definition) is 6. The van der Waals surface area contributed by atoms with Crippen molar-refractivity contribution in [2.45, 2.75) is 12.5 Å². The van der Waals surface area contributed by atoms with Gasteiger partial charge >= 0.3 is 5.97 Å². The smallest absolute Gasteiger partial charge is 0.336 e. The topological polar surface area (TPSA) is 144 Å². The van der Waals surface area contributed by atoms with E-state index in [1.807, 2.05) is 43.3 Å². The standard InChI is InChI=1S/C14H12O.C7H4N2O6/c1-14(15)12-8-4-2-6-10(12)11-7-3-5-9-13(11)14;10-7(11)4-1-5(8(12)13)3-6(2-4)9(14)15/h2-9,15H,1H3;1-3H,(H,10,11). The molecule has 0 fully saturated rings. The average Bonchev–Trinajstić information content (AvgIpc) is 2.96. The van der Waals surface area contributed by atoms with Gasteiger partial charge in [0, 0.05) is 12.1 Å². The first-order chi connectivity index (χ1) is 14.1. The molecule has 0 radical (unpaired) electrons. The first-order valence-electron chi connectivity index (χ1n) is 8.72. The van der Waals surface area contributed by atoms with Gasteiger partial charge in [0.15, 0.2) is 0 Å². The third-order valence-electron chi connectivity index (χ3n) is 4.76. The molecule has 1 aliphatic rings. The number of carboxylic acid groups (broad SMARTS) is 1. The predicted molar refractivity (Wildman–Crippen MR) is 107 cm³/mol. The molecule has 0 aliphatic heterocycles. The van der Waals surface area contributed by atoms with Gasteiger partial charge in [-0.2, -0.15) is 0 Å². The van der Waals surface area contributed by atoms with E-state index >= 15 is 0 Å². The summed E-state index contributed by atoms with van der Waals surface area (Å²) in [4.78, 5) is 29.4. The van der Waals surface area contributed by atoms with Gasteiger partial charge in [0.25, 0.3) is 11.4 Å². The molecule has 152 valence electrons. The molecule has 0 heterocycles. The van der Waals surface area contributed by atoms with E-state index < -0.39 is 38.4 Å². The molecule has 0 saturated carbocycles. The van der Waals surface area contributed by atoms with Crippen LogP contribution in [0.4, 0.5) is 11.4 Å². The maximum atomic E-state index is 10.5. The second-order valence-corrected chi connectivity index (χ2v) is 6.72. The Morgan fingerprint density at radius 2 is 1.23 bits per heavy atom. The molecule has 0 atom stereocenters. The van der Waals surface area contributed by atoms with E-state index in [4.69, 9.17) is 5.11 Å². The Morgan fingerprint density at radius 3 is 1.60 bits per heavy atom. The van der Waals surface area contributed by atoms with Gasteiger partial charge < -0.3 is 10.2 Å². The molecule has 9 nitrogen and oxygen atoms in total. The quantitative estimate of drug-likeness (QED) is 0.490. The predicted octanol–water partition coefficient (Wildman–Crippen LogP) is 4.12. The summed E-state index contributed by atoms with van der Waals surface area (Å²) < 4.78 is 0. The average molecular weight is 408 g/mol. The fourth-order valence-electron chi connectivity index (χ4n) is 3.36. The Kier molecular flexibility index (Phi) is 5.31. The molecular weight excluding hydrogens is 392 g/mol. The third kappa shape index (κ3) is 3.74. The monoisotopic (exact) mass is 408 g/mol. The molecular formula is C21H16N2O7. The second kappa shape index (κ2) is 7.72. The summed E-state index contributed by atoms with van der Waals surface area (Å²) in [5.41, 5.74) is 1.74. The van der Waals surface area contributed by atoms with Gasteiger partial charge in [0.2, 0.25) is 0 Å². The van der Waals surface area contributed by atoms with E-state index in [1.165, 1.54) is 0 Å². The van der Waals surface area contributed by atoms with Crippen molar-refractivity contribution in [2.24, 2.45) is 0 Å². The number of aliphatic hydroxyl groups is 1. The number of benzene rings is 3. The number of nitrogens with zero attached hydrogens (tertiary/aromatic N) is 2. The van der Waals surface area contributed by atoms with Crippen LogP contribution in [0.1, 0.15) is 28.4 Å². The molecule has 0 unspecified atom stereocenters. The lowest BCUT2D eigenvalue weighted by Crippen LogP contribution is -2.18. The molecule has 4 rings (SSSR count). The molecule has 0 saturated heterocycles. The minimum absolute atomic E-state index is 0.490. The van der Waals surface area contributed by atoms with Crippen LogP contribution in [-0.2, 0) is 5.60 Å². The molecule has 3 aromatic carbocycles. The van der Waals surface area contributed by atoms with Crippen molar-refractivity contribution >= 4 is 17.3 Å². The summed E-state index contributed by atoms with van der Waals surface area (Å²) in [6.45, 7) is 1.86. The van der Waals surface area contributed by atoms with Crippen LogP contribution < -0.4 is 0 Å². The highest BCUT2D eigenvalue weighted by atomic mass is 16.6. The fraction of sp³-hybridized carbons (Fsp3) is 0.0952. The number of carboxylic acids is 1. The maximum absolute atomic E-state index is 10.5. The van der Waals surface area contributed by atoms with Gasteiger partial charge in [-0.1, -0.05) is 48.5 Å². The molecule has 0 amide bonds. The van der Waals surface area contributed by atoms with E-state index in [0.29, 0.717) is 6.07 Å². The van der Waals surface area contributed by atoms with Crippen molar-refractivity contribution in [1.29, 1.82) is 0 Å². The first-order valence-corrected chi connectivity index (χ1v) is 8.72. The third-order valence-corrected chi connectivity index (χ3v) is 4.76. The zero-order chi connectivity index (χ0) is 22.1.